The highest BCUT2D eigenvalue weighted by atomic mass is 35.5. The molecule has 0 amide bonds. The molecule has 9 heteroatoms. The predicted octanol–water partition coefficient (Wildman–Crippen LogP) is 4.02. The van der Waals surface area contributed by atoms with E-state index in [2.05, 4.69) is 19.8 Å². The average Bonchev–Trinajstić information content (AvgIpc) is 2.82. The van der Waals surface area contributed by atoms with Crippen LogP contribution in [-0.4, -0.2) is 45.7 Å². The highest BCUT2D eigenvalue weighted by Crippen LogP contribution is 2.33. The monoisotopic (exact) mass is 466 g/mol. The number of hydrogen-bond donors (Lipinski definition) is 0. The molecule has 0 saturated carbocycles. The standard InChI is InChI=1S/C23H20Cl2N6O/c1-29-21-15(13-16(22(29)32)20-17(24)5-4-6-18(20)25)14-27-23(28-21)31-11-9-30(10-12-31)19-7-2-3-8-26-19/h2-8,13-14H,9-12H2,1H3. The highest BCUT2D eigenvalue weighted by molar-refractivity contribution is 6.39. The number of benzene rings is 1. The van der Waals surface area contributed by atoms with E-state index in [1.54, 1.807) is 43.7 Å². The molecular weight excluding hydrogens is 447 g/mol. The van der Waals surface area contributed by atoms with Gasteiger partial charge in [0.25, 0.3) is 5.56 Å². The Morgan fingerprint density at radius 3 is 2.31 bits per heavy atom. The van der Waals surface area contributed by atoms with Gasteiger partial charge in [-0.25, -0.2) is 9.97 Å². The molecule has 0 unspecified atom stereocenters. The summed E-state index contributed by atoms with van der Waals surface area (Å²) in [6.07, 6.45) is 3.55. The topological polar surface area (TPSA) is 67.2 Å². The molecule has 0 radical (unpaired) electrons. The molecule has 7 nitrogen and oxygen atoms in total. The van der Waals surface area contributed by atoms with Gasteiger partial charge in [-0.3, -0.25) is 9.36 Å². The molecule has 1 fully saturated rings. The van der Waals surface area contributed by atoms with E-state index in [9.17, 15) is 4.79 Å². The Balaban J connectivity index is 1.47. The molecule has 4 aromatic rings. The van der Waals surface area contributed by atoms with E-state index in [0.717, 1.165) is 37.4 Å². The lowest BCUT2D eigenvalue weighted by atomic mass is 10.1. The first-order valence-corrected chi connectivity index (χ1v) is 11.0. The number of rotatable bonds is 3. The van der Waals surface area contributed by atoms with Gasteiger partial charge in [-0.05, 0) is 30.3 Å². The number of aryl methyl sites for hydroxylation is 1. The zero-order valence-electron chi connectivity index (χ0n) is 17.4. The lowest BCUT2D eigenvalue weighted by Gasteiger charge is -2.35. The van der Waals surface area contributed by atoms with Crippen molar-refractivity contribution in [2.24, 2.45) is 7.05 Å². The van der Waals surface area contributed by atoms with Crippen molar-refractivity contribution in [2.45, 2.75) is 0 Å². The number of nitrogens with zero attached hydrogens (tertiary/aromatic N) is 6. The SMILES string of the molecule is Cn1c(=O)c(-c2c(Cl)cccc2Cl)cc2cnc(N3CCN(c4ccccn4)CC3)nc21. The molecule has 1 aromatic carbocycles. The molecule has 0 spiro atoms. The lowest BCUT2D eigenvalue weighted by Crippen LogP contribution is -2.47. The summed E-state index contributed by atoms with van der Waals surface area (Å²) in [6, 6.07) is 12.9. The van der Waals surface area contributed by atoms with E-state index in [1.165, 1.54) is 4.57 Å². The predicted molar refractivity (Wildman–Crippen MR) is 129 cm³/mol. The van der Waals surface area contributed by atoms with E-state index >= 15 is 0 Å². The zero-order valence-corrected chi connectivity index (χ0v) is 18.9. The van der Waals surface area contributed by atoms with Crippen molar-refractivity contribution in [1.29, 1.82) is 0 Å². The first-order valence-electron chi connectivity index (χ1n) is 10.2. The van der Waals surface area contributed by atoms with Crippen LogP contribution in [-0.2, 0) is 7.05 Å². The molecule has 162 valence electrons. The molecule has 0 aliphatic carbocycles. The van der Waals surface area contributed by atoms with Crippen LogP contribution in [0.15, 0.2) is 59.7 Å². The van der Waals surface area contributed by atoms with Crippen LogP contribution in [0.25, 0.3) is 22.2 Å². The lowest BCUT2D eigenvalue weighted by molar-refractivity contribution is 0.635. The summed E-state index contributed by atoms with van der Waals surface area (Å²) in [5.41, 5.74) is 1.31. The molecule has 0 atom stereocenters. The van der Waals surface area contributed by atoms with Gasteiger partial charge in [-0.2, -0.15) is 4.98 Å². The van der Waals surface area contributed by atoms with Crippen molar-refractivity contribution >= 4 is 46.0 Å². The summed E-state index contributed by atoms with van der Waals surface area (Å²) in [6.45, 7) is 3.18. The number of piperazine rings is 1. The fourth-order valence-electron chi connectivity index (χ4n) is 4.00. The Hall–Kier alpha value is -3.16. The number of aromatic nitrogens is 4. The Labute approximate surface area is 194 Å². The minimum Gasteiger partial charge on any atom is -0.353 e. The van der Waals surface area contributed by atoms with Gasteiger partial charge in [0.15, 0.2) is 0 Å². The van der Waals surface area contributed by atoms with Gasteiger partial charge < -0.3 is 9.80 Å². The Bertz CT molecular complexity index is 1330. The van der Waals surface area contributed by atoms with Gasteiger partial charge >= 0.3 is 0 Å². The van der Waals surface area contributed by atoms with E-state index in [0.29, 0.717) is 32.8 Å². The first kappa shape index (κ1) is 20.7. The maximum Gasteiger partial charge on any atom is 0.259 e. The van der Waals surface area contributed by atoms with Gasteiger partial charge in [0, 0.05) is 56.6 Å². The van der Waals surface area contributed by atoms with Gasteiger partial charge in [0.05, 0.1) is 15.6 Å². The Morgan fingerprint density at radius 1 is 0.906 bits per heavy atom. The van der Waals surface area contributed by atoms with Crippen LogP contribution >= 0.6 is 23.2 Å². The van der Waals surface area contributed by atoms with Crippen molar-refractivity contribution in [3.05, 3.63) is 75.3 Å². The van der Waals surface area contributed by atoms with Crippen LogP contribution in [0, 0.1) is 0 Å². The zero-order chi connectivity index (χ0) is 22.2. The van der Waals surface area contributed by atoms with Gasteiger partial charge in [0.2, 0.25) is 5.95 Å². The molecule has 5 rings (SSSR count). The molecule has 3 aromatic heterocycles. The highest BCUT2D eigenvalue weighted by Gasteiger charge is 2.21. The van der Waals surface area contributed by atoms with E-state index in [-0.39, 0.29) is 5.56 Å². The third kappa shape index (κ3) is 3.67. The number of anilines is 2. The van der Waals surface area contributed by atoms with E-state index in [4.69, 9.17) is 28.2 Å². The maximum absolute atomic E-state index is 13.1. The second kappa shape index (κ2) is 8.41. The molecule has 4 heterocycles. The second-order valence-corrected chi connectivity index (χ2v) is 8.44. The van der Waals surface area contributed by atoms with Crippen molar-refractivity contribution in [2.75, 3.05) is 36.0 Å². The number of fused-ring (bicyclic) bond motifs is 1. The van der Waals surface area contributed by atoms with Crippen molar-refractivity contribution in [1.82, 2.24) is 19.5 Å². The minimum atomic E-state index is -0.211. The maximum atomic E-state index is 13.1. The third-order valence-electron chi connectivity index (χ3n) is 5.70. The van der Waals surface area contributed by atoms with E-state index in [1.807, 2.05) is 18.2 Å². The van der Waals surface area contributed by atoms with Gasteiger partial charge in [-0.1, -0.05) is 35.3 Å². The Kier molecular flexibility index (Phi) is 5.45. The molecule has 1 saturated heterocycles. The fourth-order valence-corrected chi connectivity index (χ4v) is 4.60. The molecule has 0 N–H and O–H groups in total. The van der Waals surface area contributed by atoms with Crippen LogP contribution in [0.1, 0.15) is 0 Å². The minimum absolute atomic E-state index is 0.211. The van der Waals surface area contributed by atoms with Crippen LogP contribution in [0.2, 0.25) is 10.0 Å². The number of halogens is 2. The van der Waals surface area contributed by atoms with Crippen molar-refractivity contribution in [3.8, 4) is 11.1 Å². The quantitative estimate of drug-likeness (QED) is 0.454. The summed E-state index contributed by atoms with van der Waals surface area (Å²) in [5.74, 6) is 1.58. The summed E-state index contributed by atoms with van der Waals surface area (Å²) >= 11 is 12.7. The smallest absolute Gasteiger partial charge is 0.259 e. The Morgan fingerprint density at radius 2 is 1.62 bits per heavy atom. The fraction of sp³-hybridized carbons (Fsp3) is 0.217. The summed E-state index contributed by atoms with van der Waals surface area (Å²) < 4.78 is 1.53. The molecule has 1 aliphatic heterocycles. The second-order valence-electron chi connectivity index (χ2n) is 7.63. The van der Waals surface area contributed by atoms with Gasteiger partial charge in [-0.15, -0.1) is 0 Å². The third-order valence-corrected chi connectivity index (χ3v) is 6.33. The summed E-state index contributed by atoms with van der Waals surface area (Å²) in [4.78, 5) is 31.2. The normalized spacial score (nSPS) is 14.2. The summed E-state index contributed by atoms with van der Waals surface area (Å²) in [5, 5.41) is 1.60. The number of hydrogen-bond acceptors (Lipinski definition) is 6. The van der Waals surface area contributed by atoms with Crippen LogP contribution in [0.4, 0.5) is 11.8 Å². The van der Waals surface area contributed by atoms with Crippen molar-refractivity contribution < 1.29 is 0 Å². The largest absolute Gasteiger partial charge is 0.353 e. The molecule has 0 bridgehead atoms. The van der Waals surface area contributed by atoms with Crippen LogP contribution in [0.5, 0.6) is 0 Å². The molecular formula is C23H20Cl2N6O. The molecule has 1 aliphatic rings. The van der Waals surface area contributed by atoms with Gasteiger partial charge in [0.1, 0.15) is 11.5 Å². The molecule has 32 heavy (non-hydrogen) atoms. The van der Waals surface area contributed by atoms with Crippen LogP contribution < -0.4 is 15.4 Å². The average molecular weight is 467 g/mol. The number of pyridine rings is 2. The summed E-state index contributed by atoms with van der Waals surface area (Å²) in [7, 11) is 1.70. The van der Waals surface area contributed by atoms with E-state index < -0.39 is 0 Å². The first-order chi connectivity index (χ1) is 15.5. The van der Waals surface area contributed by atoms with Crippen LogP contribution in [0.3, 0.4) is 0 Å². The van der Waals surface area contributed by atoms with Crippen molar-refractivity contribution in [3.63, 3.8) is 0 Å².